The highest BCUT2D eigenvalue weighted by atomic mass is 16.5. The molecule has 10 heteroatoms. The Bertz CT molecular complexity index is 1370. The molecule has 3 aromatic carbocycles. The number of nitrogens with zero attached hydrogens (tertiary/aromatic N) is 4. The summed E-state index contributed by atoms with van der Waals surface area (Å²) in [6.45, 7) is 0.530. The highest BCUT2D eigenvalue weighted by Gasteiger charge is 2.52. The lowest BCUT2D eigenvalue weighted by atomic mass is 9.82. The van der Waals surface area contributed by atoms with Gasteiger partial charge in [0.15, 0.2) is 11.6 Å². The largest absolute Gasteiger partial charge is 0.494 e. The summed E-state index contributed by atoms with van der Waals surface area (Å²) in [7, 11) is 0. The number of rotatable bonds is 12. The second-order valence-electron chi connectivity index (χ2n) is 8.87. The van der Waals surface area contributed by atoms with Crippen molar-refractivity contribution in [1.82, 2.24) is 5.43 Å². The Kier molecular flexibility index (Phi) is 9.31. The van der Waals surface area contributed by atoms with Gasteiger partial charge in [0.05, 0.1) is 13.2 Å². The first-order valence-electron chi connectivity index (χ1n) is 12.5. The van der Waals surface area contributed by atoms with Gasteiger partial charge in [0.25, 0.3) is 5.91 Å². The normalized spacial score (nSPS) is 18.2. The molecule has 0 fully saturated rings. The third-order valence-corrected chi connectivity index (χ3v) is 6.34. The molecule has 1 amide bonds. The van der Waals surface area contributed by atoms with Crippen LogP contribution in [0.1, 0.15) is 41.2 Å². The van der Waals surface area contributed by atoms with Crippen molar-refractivity contribution >= 4 is 17.9 Å². The van der Waals surface area contributed by atoms with Crippen molar-refractivity contribution in [2.45, 2.75) is 31.0 Å². The minimum Gasteiger partial charge on any atom is -0.494 e. The Morgan fingerprint density at radius 3 is 2.62 bits per heavy atom. The molecule has 1 aliphatic heterocycles. The highest BCUT2D eigenvalue weighted by Crippen LogP contribution is 2.44. The van der Waals surface area contributed by atoms with Gasteiger partial charge >= 0.3 is 0 Å². The summed E-state index contributed by atoms with van der Waals surface area (Å²) in [5.41, 5.74) is 12.8. The lowest BCUT2D eigenvalue weighted by Gasteiger charge is -2.30. The van der Waals surface area contributed by atoms with Gasteiger partial charge in [0.2, 0.25) is 5.90 Å². The predicted molar refractivity (Wildman–Crippen MR) is 148 cm³/mol. The minimum absolute atomic E-state index is 0.0509. The summed E-state index contributed by atoms with van der Waals surface area (Å²) >= 11 is 0. The fourth-order valence-corrected chi connectivity index (χ4v) is 4.40. The van der Waals surface area contributed by atoms with Crippen LogP contribution in [0.2, 0.25) is 0 Å². The number of aliphatic hydroxyl groups excluding tert-OH is 1. The van der Waals surface area contributed by atoms with Gasteiger partial charge in [-0.1, -0.05) is 71.9 Å². The van der Waals surface area contributed by atoms with E-state index >= 15 is 0 Å². The van der Waals surface area contributed by atoms with Gasteiger partial charge in [-0.3, -0.25) is 10.2 Å². The second-order valence-corrected chi connectivity index (χ2v) is 8.87. The molecular formula is C29H30N6O4. The van der Waals surface area contributed by atoms with E-state index in [2.05, 4.69) is 15.5 Å². The molecule has 0 aliphatic carbocycles. The molecule has 0 radical (unpaired) electrons. The summed E-state index contributed by atoms with van der Waals surface area (Å²) in [5.74, 6) is 6.09. The first kappa shape index (κ1) is 27.4. The molecular weight excluding hydrogens is 496 g/mol. The number of hydrogen-bond acceptors (Lipinski definition) is 7. The van der Waals surface area contributed by atoms with Crippen molar-refractivity contribution in [3.8, 4) is 5.75 Å². The van der Waals surface area contributed by atoms with E-state index in [9.17, 15) is 4.79 Å². The molecule has 0 bridgehead atoms. The van der Waals surface area contributed by atoms with Gasteiger partial charge in [0.1, 0.15) is 5.75 Å². The molecule has 10 nitrogen and oxygen atoms in total. The Morgan fingerprint density at radius 1 is 1.15 bits per heavy atom. The average molecular weight is 527 g/mol. The van der Waals surface area contributed by atoms with E-state index in [4.69, 9.17) is 30.9 Å². The van der Waals surface area contributed by atoms with E-state index in [0.717, 1.165) is 5.56 Å². The smallest absolute Gasteiger partial charge is 0.266 e. The molecule has 1 aliphatic rings. The van der Waals surface area contributed by atoms with E-state index in [1.54, 1.807) is 24.3 Å². The van der Waals surface area contributed by atoms with Crippen LogP contribution in [0.4, 0.5) is 0 Å². The fraction of sp³-hybridized carbons (Fsp3) is 0.241. The SMILES string of the molecule is [N-]=[N+]=NCc1ccccc1[C@@H]1OC(c2ccc(OCCCO)cc2)=N[C@]1(C/C=C/c1ccccc1)C(=O)NN. The number of aliphatic imine (C=N–C) groups is 1. The number of carbonyl (C=O) groups is 1. The second kappa shape index (κ2) is 13.3. The summed E-state index contributed by atoms with van der Waals surface area (Å²) in [6, 6.07) is 24.2. The number of ether oxygens (including phenoxy) is 2. The maximum absolute atomic E-state index is 13.5. The van der Waals surface area contributed by atoms with Crippen LogP contribution in [0.15, 0.2) is 95.0 Å². The lowest BCUT2D eigenvalue weighted by molar-refractivity contribution is -0.128. The van der Waals surface area contributed by atoms with Crippen LogP contribution in [0.25, 0.3) is 16.5 Å². The molecule has 200 valence electrons. The van der Waals surface area contributed by atoms with Crippen LogP contribution in [0, 0.1) is 0 Å². The van der Waals surface area contributed by atoms with Gasteiger partial charge < -0.3 is 14.6 Å². The monoisotopic (exact) mass is 526 g/mol. The standard InChI is InChI=1S/C29H30N6O4/c30-34-28(37)29(17-6-10-21-8-2-1-3-9-21)26(25-12-5-4-11-23(25)20-32-35-31)39-27(33-29)22-13-15-24(16-14-22)38-19-7-18-36/h1-6,8-16,26,36H,7,17-20,30H2,(H,34,37)/b10-6+/t26-,29-/m0/s1. The first-order valence-corrected chi connectivity index (χ1v) is 12.5. The van der Waals surface area contributed by atoms with Gasteiger partial charge in [-0.2, -0.15) is 0 Å². The van der Waals surface area contributed by atoms with Crippen molar-refractivity contribution in [3.05, 3.63) is 118 Å². The Hall–Kier alpha value is -4.63. The summed E-state index contributed by atoms with van der Waals surface area (Å²) in [5, 5.41) is 12.7. The summed E-state index contributed by atoms with van der Waals surface area (Å²) in [6.07, 6.45) is 3.67. The lowest BCUT2D eigenvalue weighted by Crippen LogP contribution is -2.50. The number of hydrazine groups is 1. The molecule has 0 unspecified atom stereocenters. The number of aliphatic hydroxyl groups is 1. The van der Waals surface area contributed by atoms with E-state index in [1.807, 2.05) is 66.7 Å². The zero-order valence-electron chi connectivity index (χ0n) is 21.3. The number of benzene rings is 3. The van der Waals surface area contributed by atoms with Crippen molar-refractivity contribution in [3.63, 3.8) is 0 Å². The molecule has 0 spiro atoms. The topological polar surface area (TPSA) is 155 Å². The van der Waals surface area contributed by atoms with Crippen LogP contribution in [-0.4, -0.2) is 35.7 Å². The molecule has 39 heavy (non-hydrogen) atoms. The van der Waals surface area contributed by atoms with Crippen molar-refractivity contribution < 1.29 is 19.4 Å². The number of azide groups is 1. The Labute approximate surface area is 226 Å². The van der Waals surface area contributed by atoms with Gasteiger partial charge in [-0.05, 0) is 46.5 Å². The third-order valence-electron chi connectivity index (χ3n) is 6.34. The molecule has 0 saturated carbocycles. The number of hydrogen-bond donors (Lipinski definition) is 3. The van der Waals surface area contributed by atoms with Gasteiger partial charge in [-0.25, -0.2) is 10.8 Å². The van der Waals surface area contributed by atoms with E-state index < -0.39 is 17.6 Å². The molecule has 3 aromatic rings. The van der Waals surface area contributed by atoms with E-state index in [1.165, 1.54) is 0 Å². The van der Waals surface area contributed by atoms with E-state index in [-0.39, 0.29) is 25.5 Å². The number of nitrogens with one attached hydrogen (secondary N) is 1. The quantitative estimate of drug-likeness (QED) is 0.0598. The zero-order valence-corrected chi connectivity index (χ0v) is 21.3. The first-order chi connectivity index (χ1) is 19.1. The molecule has 4 rings (SSSR count). The number of amides is 1. The minimum atomic E-state index is -1.43. The third kappa shape index (κ3) is 6.45. The molecule has 4 N–H and O–H groups in total. The number of nitrogens with two attached hydrogens (primary N) is 1. The summed E-state index contributed by atoms with van der Waals surface area (Å²) < 4.78 is 12.1. The van der Waals surface area contributed by atoms with Crippen molar-refractivity contribution in [2.24, 2.45) is 15.9 Å². The Morgan fingerprint density at radius 2 is 1.90 bits per heavy atom. The van der Waals surface area contributed by atoms with Crippen molar-refractivity contribution in [2.75, 3.05) is 13.2 Å². The fourth-order valence-electron chi connectivity index (χ4n) is 4.40. The molecule has 1 heterocycles. The van der Waals surface area contributed by atoms with Crippen LogP contribution in [0.5, 0.6) is 5.75 Å². The van der Waals surface area contributed by atoms with Crippen LogP contribution in [0.3, 0.4) is 0 Å². The van der Waals surface area contributed by atoms with Crippen molar-refractivity contribution in [1.29, 1.82) is 0 Å². The average Bonchev–Trinajstić information content (AvgIpc) is 3.37. The predicted octanol–water partition coefficient (Wildman–Crippen LogP) is 4.61. The molecule has 2 atom stereocenters. The number of carbonyl (C=O) groups excluding carboxylic acids is 1. The maximum atomic E-state index is 13.5. The Balaban J connectivity index is 1.75. The van der Waals surface area contributed by atoms with Gasteiger partial charge in [-0.15, -0.1) is 0 Å². The zero-order chi connectivity index (χ0) is 27.5. The maximum Gasteiger partial charge on any atom is 0.266 e. The highest BCUT2D eigenvalue weighted by molar-refractivity contribution is 6.01. The van der Waals surface area contributed by atoms with Crippen LogP contribution in [-0.2, 0) is 16.1 Å². The van der Waals surface area contributed by atoms with Gasteiger partial charge in [0, 0.05) is 29.9 Å². The summed E-state index contributed by atoms with van der Waals surface area (Å²) in [4.78, 5) is 21.2. The van der Waals surface area contributed by atoms with Crippen LogP contribution >= 0.6 is 0 Å². The molecule has 0 aromatic heterocycles. The van der Waals surface area contributed by atoms with Crippen LogP contribution < -0.4 is 16.0 Å². The van der Waals surface area contributed by atoms with E-state index in [0.29, 0.717) is 35.5 Å². The molecule has 0 saturated heterocycles.